The molecule has 1 aromatic carbocycles. The van der Waals surface area contributed by atoms with Gasteiger partial charge in [0, 0.05) is 10.4 Å². The Morgan fingerprint density at radius 2 is 2.07 bits per heavy atom. The van der Waals surface area contributed by atoms with Gasteiger partial charge in [-0.25, -0.2) is 9.97 Å². The number of aromatic nitrogens is 3. The number of fused-ring (bicyclic) bond motifs is 3. The largest absolute Gasteiger partial charge is 0.616 e. The molecule has 0 unspecified atom stereocenters. The maximum atomic E-state index is 13.2. The summed E-state index contributed by atoms with van der Waals surface area (Å²) >= 11 is 5.04. The first-order valence-electron chi connectivity index (χ1n) is 8.50. The number of carbonyl (C=O) groups excluding carboxylic acids is 1. The number of pyridine rings is 1. The van der Waals surface area contributed by atoms with E-state index in [2.05, 4.69) is 20.6 Å². The predicted octanol–water partition coefficient (Wildman–Crippen LogP) is 1.66. The second-order valence-corrected chi connectivity index (χ2v) is 8.85. The minimum Gasteiger partial charge on any atom is -0.616 e. The minimum atomic E-state index is -1.05. The number of nitrogens with one attached hydrogen (secondary N) is 2. The van der Waals surface area contributed by atoms with Gasteiger partial charge in [0.05, 0.1) is 5.52 Å². The van der Waals surface area contributed by atoms with Crippen molar-refractivity contribution < 1.29 is 9.35 Å². The van der Waals surface area contributed by atoms with Crippen LogP contribution >= 0.6 is 11.6 Å². The van der Waals surface area contributed by atoms with E-state index in [-0.39, 0.29) is 28.7 Å². The van der Waals surface area contributed by atoms with Crippen molar-refractivity contribution in [3.63, 3.8) is 0 Å². The van der Waals surface area contributed by atoms with Crippen LogP contribution < -0.4 is 16.2 Å². The molecule has 4 heterocycles. The monoisotopic (exact) mass is 415 g/mol. The van der Waals surface area contributed by atoms with E-state index in [0.717, 1.165) is 0 Å². The molecular weight excluding hydrogens is 402 g/mol. The maximum absolute atomic E-state index is 13.2. The fourth-order valence-corrected chi connectivity index (χ4v) is 5.35. The number of nitrogens with zero attached hydrogens (tertiary/aromatic N) is 3. The highest BCUT2D eigenvalue weighted by Gasteiger charge is 2.57. The Hall–Kier alpha value is -2.62. The standard InChI is InChI=1S/C18H14ClN5O3S/c1-9-4-13(22-15-11-5-10(19)2-3-12(11)20-8-21-15)17(26)24-14(9)16(25)23-18(24)6-28(27)7-18/h2-5,8H,6-7H2,1H3,(H,23,25)(H,20,21,22). The lowest BCUT2D eigenvalue weighted by Gasteiger charge is -2.39. The van der Waals surface area contributed by atoms with Crippen molar-refractivity contribution in [3.05, 3.63) is 57.2 Å². The Labute approximate surface area is 167 Å². The molecule has 1 amide bonds. The van der Waals surface area contributed by atoms with Crippen LogP contribution in [0.25, 0.3) is 10.9 Å². The molecule has 1 spiro atoms. The number of aryl methyl sites for hydroxylation is 1. The van der Waals surface area contributed by atoms with Gasteiger partial charge in [0.2, 0.25) is 5.66 Å². The summed E-state index contributed by atoms with van der Waals surface area (Å²) in [7, 11) is 0. The highest BCUT2D eigenvalue weighted by atomic mass is 35.5. The van der Waals surface area contributed by atoms with Crippen molar-refractivity contribution in [1.82, 2.24) is 19.9 Å². The summed E-state index contributed by atoms with van der Waals surface area (Å²) in [5.74, 6) is 0.562. The summed E-state index contributed by atoms with van der Waals surface area (Å²) in [6.45, 7) is 1.76. The Balaban J connectivity index is 1.66. The molecule has 8 nitrogen and oxygen atoms in total. The van der Waals surface area contributed by atoms with Crippen molar-refractivity contribution in [2.45, 2.75) is 12.6 Å². The number of amides is 1. The summed E-state index contributed by atoms with van der Waals surface area (Å²) in [6.07, 6.45) is 1.40. The molecule has 10 heteroatoms. The molecule has 2 N–H and O–H groups in total. The first-order valence-corrected chi connectivity index (χ1v) is 10.4. The number of hydrogen-bond acceptors (Lipinski definition) is 6. The summed E-state index contributed by atoms with van der Waals surface area (Å²) in [5, 5.41) is 7.10. The molecule has 2 aliphatic heterocycles. The first-order chi connectivity index (χ1) is 13.4. The van der Waals surface area contributed by atoms with E-state index in [1.165, 1.54) is 10.9 Å². The number of hydrogen-bond donors (Lipinski definition) is 2. The number of carbonyl (C=O) groups is 1. The van der Waals surface area contributed by atoms with Crippen LogP contribution in [0.5, 0.6) is 0 Å². The molecular formula is C18H14ClN5O3S. The third-order valence-electron chi connectivity index (χ3n) is 5.03. The molecule has 5 rings (SSSR count). The molecule has 1 fully saturated rings. The first kappa shape index (κ1) is 17.5. The summed E-state index contributed by atoms with van der Waals surface area (Å²) in [6, 6.07) is 6.85. The van der Waals surface area contributed by atoms with Crippen LogP contribution in [-0.4, -0.2) is 36.5 Å². The average Bonchev–Trinajstić information content (AvgIpc) is 2.93. The lowest BCUT2D eigenvalue weighted by Crippen LogP contribution is -2.64. The van der Waals surface area contributed by atoms with E-state index in [0.29, 0.717) is 33.0 Å². The van der Waals surface area contributed by atoms with E-state index in [1.807, 2.05) is 0 Å². The van der Waals surface area contributed by atoms with Crippen LogP contribution in [0.2, 0.25) is 5.02 Å². The van der Waals surface area contributed by atoms with Gasteiger partial charge in [-0.3, -0.25) is 14.2 Å². The van der Waals surface area contributed by atoms with Gasteiger partial charge < -0.3 is 15.2 Å². The Kier molecular flexibility index (Phi) is 3.71. The lowest BCUT2D eigenvalue weighted by molar-refractivity contribution is 0.0931. The van der Waals surface area contributed by atoms with Crippen LogP contribution in [0.3, 0.4) is 0 Å². The van der Waals surface area contributed by atoms with Gasteiger partial charge in [0.15, 0.2) is 11.5 Å². The van der Waals surface area contributed by atoms with Crippen molar-refractivity contribution in [1.29, 1.82) is 0 Å². The van der Waals surface area contributed by atoms with Crippen LogP contribution in [0.1, 0.15) is 16.1 Å². The molecule has 0 atom stereocenters. The quantitative estimate of drug-likeness (QED) is 0.615. The zero-order valence-electron chi connectivity index (χ0n) is 14.7. The van der Waals surface area contributed by atoms with Gasteiger partial charge >= 0.3 is 0 Å². The van der Waals surface area contributed by atoms with E-state index in [1.54, 1.807) is 31.2 Å². The van der Waals surface area contributed by atoms with E-state index < -0.39 is 16.8 Å². The van der Waals surface area contributed by atoms with Crippen LogP contribution in [0, 0.1) is 6.92 Å². The topological polar surface area (TPSA) is 112 Å². The fraction of sp³-hybridized carbons (Fsp3) is 0.222. The number of rotatable bonds is 2. The molecule has 1 saturated heterocycles. The normalized spacial score (nSPS) is 22.8. The zero-order valence-corrected chi connectivity index (χ0v) is 16.2. The number of halogens is 1. The third kappa shape index (κ3) is 2.43. The molecule has 28 heavy (non-hydrogen) atoms. The highest BCUT2D eigenvalue weighted by Crippen LogP contribution is 2.35. The van der Waals surface area contributed by atoms with E-state index in [4.69, 9.17) is 11.6 Å². The molecule has 2 aromatic heterocycles. The molecule has 0 aliphatic carbocycles. The summed E-state index contributed by atoms with van der Waals surface area (Å²) in [5.41, 5.74) is 0.628. The second-order valence-electron chi connectivity index (χ2n) is 6.95. The van der Waals surface area contributed by atoms with E-state index in [9.17, 15) is 14.1 Å². The molecule has 0 saturated carbocycles. The van der Waals surface area contributed by atoms with Gasteiger partial charge in [-0.1, -0.05) is 11.6 Å². The number of benzene rings is 1. The Morgan fingerprint density at radius 1 is 1.29 bits per heavy atom. The summed E-state index contributed by atoms with van der Waals surface area (Å²) in [4.78, 5) is 34.1. The van der Waals surface area contributed by atoms with Gasteiger partial charge in [0.1, 0.15) is 23.5 Å². The third-order valence-corrected chi connectivity index (χ3v) is 6.86. The van der Waals surface area contributed by atoms with E-state index >= 15 is 0 Å². The Bertz CT molecular complexity index is 1220. The highest BCUT2D eigenvalue weighted by molar-refractivity contribution is 7.92. The number of anilines is 2. The second kappa shape index (κ2) is 5.94. The Morgan fingerprint density at radius 3 is 2.82 bits per heavy atom. The maximum Gasteiger partial charge on any atom is 0.277 e. The van der Waals surface area contributed by atoms with Crippen LogP contribution in [0.15, 0.2) is 35.4 Å². The molecule has 0 radical (unpaired) electrons. The zero-order chi connectivity index (χ0) is 19.6. The fourth-order valence-electron chi connectivity index (χ4n) is 3.80. The SMILES string of the molecule is Cc1cc(Nc2ncnc3ccc(Cl)cc23)c(=O)n2c1C(=O)NC21C[S+]([O-])C1. The summed E-state index contributed by atoms with van der Waals surface area (Å²) < 4.78 is 13.2. The van der Waals surface area contributed by atoms with Crippen molar-refractivity contribution in [3.8, 4) is 0 Å². The lowest BCUT2D eigenvalue weighted by atomic mass is 10.1. The van der Waals surface area contributed by atoms with Crippen LogP contribution in [0.4, 0.5) is 11.5 Å². The molecule has 2 aliphatic rings. The average molecular weight is 416 g/mol. The van der Waals surface area contributed by atoms with Gasteiger partial charge in [-0.2, -0.15) is 0 Å². The van der Waals surface area contributed by atoms with Gasteiger partial charge in [0.25, 0.3) is 11.5 Å². The van der Waals surface area contributed by atoms with Crippen LogP contribution in [-0.2, 0) is 16.8 Å². The molecule has 0 bridgehead atoms. The minimum absolute atomic E-state index is 0.223. The van der Waals surface area contributed by atoms with Crippen molar-refractivity contribution in [2.75, 3.05) is 16.8 Å². The van der Waals surface area contributed by atoms with Gasteiger partial charge in [-0.05, 0) is 47.9 Å². The van der Waals surface area contributed by atoms with Gasteiger partial charge in [-0.15, -0.1) is 0 Å². The molecule has 3 aromatic rings. The molecule has 142 valence electrons. The smallest absolute Gasteiger partial charge is 0.277 e. The predicted molar refractivity (Wildman–Crippen MR) is 107 cm³/mol. The van der Waals surface area contributed by atoms with Crippen molar-refractivity contribution >= 4 is 51.1 Å². The van der Waals surface area contributed by atoms with Crippen molar-refractivity contribution in [2.24, 2.45) is 0 Å².